The number of likely N-dealkylation sites (N-methyl/N-ethyl adjacent to an activating group) is 1. The maximum atomic E-state index is 13.5. The summed E-state index contributed by atoms with van der Waals surface area (Å²) in [5, 5.41) is 0. The van der Waals surface area contributed by atoms with Crippen LogP contribution in [-0.2, 0) is 20.5 Å². The van der Waals surface area contributed by atoms with Gasteiger partial charge in [-0.3, -0.25) is 0 Å². The Labute approximate surface area is 171 Å². The summed E-state index contributed by atoms with van der Waals surface area (Å²) in [7, 11) is 0.0267. The van der Waals surface area contributed by atoms with Gasteiger partial charge >= 0.3 is 5.97 Å². The first-order valence-electron chi connectivity index (χ1n) is 9.42. The number of likely N-dealkylation sites (tertiary alicyclic amines) is 1. The summed E-state index contributed by atoms with van der Waals surface area (Å²) in [5.74, 6) is -2.47. The van der Waals surface area contributed by atoms with Crippen molar-refractivity contribution in [1.82, 2.24) is 9.62 Å². The van der Waals surface area contributed by atoms with Gasteiger partial charge in [-0.25, -0.2) is 22.5 Å². The topological polar surface area (TPSA) is 58.6 Å². The average molecular weight is 422 g/mol. The number of hydrogen-bond acceptors (Lipinski definition) is 4. The number of carbonyl (C=O) groups excluding carboxylic acids is 1. The fourth-order valence-corrected chi connectivity index (χ4v) is 4.21. The zero-order valence-corrected chi connectivity index (χ0v) is 17.1. The van der Waals surface area contributed by atoms with E-state index < -0.39 is 34.6 Å². The van der Waals surface area contributed by atoms with Crippen LogP contribution in [0.15, 0.2) is 53.4 Å². The van der Waals surface area contributed by atoms with E-state index in [9.17, 15) is 17.8 Å². The third-order valence-corrected chi connectivity index (χ3v) is 6.19. The van der Waals surface area contributed by atoms with Crippen molar-refractivity contribution in [2.24, 2.45) is 5.92 Å². The molecule has 2 aromatic rings. The van der Waals surface area contributed by atoms with E-state index in [-0.39, 0.29) is 16.9 Å². The van der Waals surface area contributed by atoms with Crippen molar-refractivity contribution in [2.75, 3.05) is 20.1 Å². The standard InChI is InChI=1S/C21H24F2N2O3S/c1-14-10-11-25(2)13-19(14)28-21(26)20(15-6-4-3-5-7-15)24-29(27)16-8-9-17(22)18(23)12-16/h3-9,12,14,19-20,24H,10-11,13H2,1-2H3/t14?,19-,20?,29?/m0/s1. The molecule has 156 valence electrons. The Morgan fingerprint density at radius 3 is 2.62 bits per heavy atom. The van der Waals surface area contributed by atoms with Crippen LogP contribution in [0.1, 0.15) is 24.9 Å². The SMILES string of the molecule is CC1CCN(C)C[C@@H]1OC(=O)C(NS(=O)c1ccc(F)c(F)c1)c1ccccc1. The monoisotopic (exact) mass is 422 g/mol. The molecule has 8 heteroatoms. The molecule has 1 N–H and O–H groups in total. The van der Waals surface area contributed by atoms with Gasteiger partial charge in [-0.15, -0.1) is 0 Å². The van der Waals surface area contributed by atoms with E-state index in [2.05, 4.69) is 9.62 Å². The Bertz CT molecular complexity index is 881. The first-order valence-corrected chi connectivity index (χ1v) is 10.6. The largest absolute Gasteiger partial charge is 0.459 e. The number of rotatable bonds is 6. The molecule has 29 heavy (non-hydrogen) atoms. The lowest BCUT2D eigenvalue weighted by molar-refractivity contribution is -0.156. The predicted octanol–water partition coefficient (Wildman–Crippen LogP) is 3.20. The summed E-state index contributed by atoms with van der Waals surface area (Å²) in [6.07, 6.45) is 0.643. The molecule has 0 aliphatic carbocycles. The molecule has 0 amide bonds. The van der Waals surface area contributed by atoms with Gasteiger partial charge in [0, 0.05) is 6.54 Å². The van der Waals surface area contributed by atoms with Gasteiger partial charge < -0.3 is 9.64 Å². The Hall–Kier alpha value is -2.16. The molecule has 5 nitrogen and oxygen atoms in total. The Balaban J connectivity index is 1.80. The fourth-order valence-electron chi connectivity index (χ4n) is 3.22. The van der Waals surface area contributed by atoms with E-state index in [4.69, 9.17) is 4.74 Å². The van der Waals surface area contributed by atoms with Crippen LogP contribution in [0.3, 0.4) is 0 Å². The highest BCUT2D eigenvalue weighted by Gasteiger charge is 2.32. The predicted molar refractivity (Wildman–Crippen MR) is 106 cm³/mol. The maximum Gasteiger partial charge on any atom is 0.329 e. The molecule has 1 saturated heterocycles. The van der Waals surface area contributed by atoms with Crippen molar-refractivity contribution in [3.8, 4) is 0 Å². The number of esters is 1. The van der Waals surface area contributed by atoms with Crippen LogP contribution >= 0.6 is 0 Å². The fraction of sp³-hybridized carbons (Fsp3) is 0.381. The lowest BCUT2D eigenvalue weighted by atomic mass is 9.96. The number of piperidine rings is 1. The molecule has 4 atom stereocenters. The molecule has 1 heterocycles. The van der Waals surface area contributed by atoms with Crippen LogP contribution in [0.4, 0.5) is 8.78 Å². The zero-order valence-electron chi connectivity index (χ0n) is 16.3. The lowest BCUT2D eigenvalue weighted by Crippen LogP contribution is -2.45. The first-order chi connectivity index (χ1) is 13.8. The molecule has 3 unspecified atom stereocenters. The molecule has 0 bridgehead atoms. The average Bonchev–Trinajstić information content (AvgIpc) is 2.71. The van der Waals surface area contributed by atoms with E-state index in [1.807, 2.05) is 14.0 Å². The molecular weight excluding hydrogens is 398 g/mol. The van der Waals surface area contributed by atoms with E-state index in [0.717, 1.165) is 25.1 Å². The third-order valence-electron chi connectivity index (χ3n) is 5.06. The van der Waals surface area contributed by atoms with Gasteiger partial charge in [-0.1, -0.05) is 37.3 Å². The summed E-state index contributed by atoms with van der Waals surface area (Å²) < 4.78 is 47.9. The quantitative estimate of drug-likeness (QED) is 0.727. The normalized spacial score (nSPS) is 22.1. The molecular formula is C21H24F2N2O3S. The maximum absolute atomic E-state index is 13.5. The highest BCUT2D eigenvalue weighted by Crippen LogP contribution is 2.23. The minimum Gasteiger partial charge on any atom is -0.459 e. The van der Waals surface area contributed by atoms with Crippen LogP contribution in [0, 0.1) is 17.6 Å². The number of carbonyl (C=O) groups is 1. The number of ether oxygens (including phenoxy) is 1. The molecule has 0 saturated carbocycles. The minimum absolute atomic E-state index is 0.0309. The highest BCUT2D eigenvalue weighted by atomic mass is 32.2. The van der Waals surface area contributed by atoms with E-state index in [0.29, 0.717) is 12.1 Å². The Morgan fingerprint density at radius 2 is 1.93 bits per heavy atom. The smallest absolute Gasteiger partial charge is 0.329 e. The second-order valence-electron chi connectivity index (χ2n) is 7.31. The second-order valence-corrected chi connectivity index (χ2v) is 8.55. The van der Waals surface area contributed by atoms with Crippen molar-refractivity contribution in [2.45, 2.75) is 30.4 Å². The van der Waals surface area contributed by atoms with Gasteiger partial charge in [0.1, 0.15) is 23.1 Å². The third kappa shape index (κ3) is 5.46. The van der Waals surface area contributed by atoms with Crippen LogP contribution in [-0.4, -0.2) is 41.3 Å². The molecule has 3 rings (SSSR count). The summed E-state index contributed by atoms with van der Waals surface area (Å²) in [6, 6.07) is 10.7. The van der Waals surface area contributed by atoms with Gasteiger partial charge in [-0.2, -0.15) is 0 Å². The van der Waals surface area contributed by atoms with E-state index >= 15 is 0 Å². The summed E-state index contributed by atoms with van der Waals surface area (Å²) >= 11 is 0. The van der Waals surface area contributed by atoms with Crippen molar-refractivity contribution >= 4 is 17.0 Å². The lowest BCUT2D eigenvalue weighted by Gasteiger charge is -2.35. The van der Waals surface area contributed by atoms with E-state index in [1.54, 1.807) is 30.3 Å². The Kier molecular flexibility index (Phi) is 7.10. The van der Waals surface area contributed by atoms with Crippen molar-refractivity contribution in [3.63, 3.8) is 0 Å². The molecule has 1 aliphatic rings. The molecule has 2 aromatic carbocycles. The minimum atomic E-state index is -1.94. The number of nitrogens with zero attached hydrogens (tertiary/aromatic N) is 1. The second kappa shape index (κ2) is 9.56. The van der Waals surface area contributed by atoms with Crippen molar-refractivity contribution in [1.29, 1.82) is 0 Å². The summed E-state index contributed by atoms with van der Waals surface area (Å²) in [6.45, 7) is 3.60. The first kappa shape index (κ1) is 21.5. The highest BCUT2D eigenvalue weighted by molar-refractivity contribution is 7.83. The van der Waals surface area contributed by atoms with Crippen molar-refractivity contribution < 1.29 is 22.5 Å². The number of halogens is 2. The number of benzene rings is 2. The van der Waals surface area contributed by atoms with Gasteiger partial charge in [-0.05, 0) is 49.7 Å². The van der Waals surface area contributed by atoms with Crippen molar-refractivity contribution in [3.05, 3.63) is 65.7 Å². The van der Waals surface area contributed by atoms with Crippen LogP contribution in [0.5, 0.6) is 0 Å². The molecule has 0 aromatic heterocycles. The summed E-state index contributed by atoms with van der Waals surface area (Å²) in [4.78, 5) is 15.1. The molecule has 0 spiro atoms. The van der Waals surface area contributed by atoms with Crippen LogP contribution < -0.4 is 4.72 Å². The van der Waals surface area contributed by atoms with Gasteiger partial charge in [0.15, 0.2) is 11.6 Å². The number of hydrogen-bond donors (Lipinski definition) is 1. The molecule has 1 fully saturated rings. The van der Waals surface area contributed by atoms with Gasteiger partial charge in [0.25, 0.3) is 0 Å². The summed E-state index contributed by atoms with van der Waals surface area (Å²) in [5.41, 5.74) is 0.574. The molecule has 1 aliphatic heterocycles. The molecule has 0 radical (unpaired) electrons. The van der Waals surface area contributed by atoms with Crippen LogP contribution in [0.25, 0.3) is 0 Å². The Morgan fingerprint density at radius 1 is 1.21 bits per heavy atom. The zero-order chi connectivity index (χ0) is 21.0. The van der Waals surface area contributed by atoms with Gasteiger partial charge in [0.05, 0.1) is 4.90 Å². The van der Waals surface area contributed by atoms with Gasteiger partial charge in [0.2, 0.25) is 0 Å². The van der Waals surface area contributed by atoms with Crippen LogP contribution in [0.2, 0.25) is 0 Å². The number of nitrogens with one attached hydrogen (secondary N) is 1. The van der Waals surface area contributed by atoms with E-state index in [1.165, 1.54) is 6.07 Å².